The number of anilines is 1. The summed E-state index contributed by atoms with van der Waals surface area (Å²) < 4.78 is 35.1. The minimum atomic E-state index is -0.465. The fourth-order valence-corrected chi connectivity index (χ4v) is 3.51. The number of benzene rings is 3. The van der Waals surface area contributed by atoms with Crippen molar-refractivity contribution in [3.05, 3.63) is 66.0 Å². The molecule has 0 aliphatic carbocycles. The maximum atomic E-state index is 13.5. The number of rotatable bonds is 6. The van der Waals surface area contributed by atoms with Crippen LogP contribution in [0.3, 0.4) is 0 Å². The summed E-state index contributed by atoms with van der Waals surface area (Å²) in [6, 6.07) is 14.2. The first-order valence-corrected chi connectivity index (χ1v) is 10.4. The molecule has 11 heteroatoms. The zero-order valence-electron chi connectivity index (χ0n) is 19.0. The van der Waals surface area contributed by atoms with Crippen LogP contribution in [0.2, 0.25) is 0 Å². The van der Waals surface area contributed by atoms with Crippen LogP contribution in [-0.4, -0.2) is 42.8 Å². The number of hydrogen-bond donors (Lipinski definition) is 2. The number of nitrogens with one attached hydrogen (secondary N) is 2. The van der Waals surface area contributed by atoms with Crippen LogP contribution >= 0.6 is 12.2 Å². The van der Waals surface area contributed by atoms with Gasteiger partial charge in [-0.15, -0.1) is 0 Å². The number of oxazole rings is 1. The molecule has 0 atom stereocenters. The third kappa shape index (κ3) is 5.48. The Morgan fingerprint density at radius 3 is 2.34 bits per heavy atom. The first kappa shape index (κ1) is 25.4. The number of fused-ring (bicyclic) bond motifs is 1. The highest BCUT2D eigenvalue weighted by Gasteiger charge is 2.18. The molecule has 0 aliphatic heterocycles. The van der Waals surface area contributed by atoms with Gasteiger partial charge in [-0.05, 0) is 60.7 Å². The summed E-state index contributed by atoms with van der Waals surface area (Å²) in [4.78, 5) is 17.1. The number of amides is 1. The van der Waals surface area contributed by atoms with Crippen molar-refractivity contribution in [2.24, 2.45) is 0 Å². The quantitative estimate of drug-likeness (QED) is 0.382. The van der Waals surface area contributed by atoms with Gasteiger partial charge in [0.25, 0.3) is 5.91 Å². The number of carbonyl (C=O) groups is 1. The normalized spacial score (nSPS) is 10.3. The molecule has 9 nitrogen and oxygen atoms in total. The molecule has 0 aliphatic rings. The van der Waals surface area contributed by atoms with Crippen molar-refractivity contribution < 1.29 is 33.3 Å². The van der Waals surface area contributed by atoms with Crippen molar-refractivity contribution in [2.45, 2.75) is 0 Å². The Bertz CT molecular complexity index is 1370. The molecule has 4 aromatic rings. The molecule has 182 valence electrons. The molecule has 0 saturated carbocycles. The average Bonchev–Trinajstić information content (AvgIpc) is 3.26. The van der Waals surface area contributed by atoms with Gasteiger partial charge in [0.05, 0.1) is 21.3 Å². The van der Waals surface area contributed by atoms with Gasteiger partial charge in [0.15, 0.2) is 22.2 Å². The molecule has 1 heterocycles. The third-order valence-corrected chi connectivity index (χ3v) is 5.08. The van der Waals surface area contributed by atoms with E-state index in [-0.39, 0.29) is 22.0 Å². The van der Waals surface area contributed by atoms with Crippen LogP contribution in [0.15, 0.2) is 59.0 Å². The first-order valence-electron chi connectivity index (χ1n) is 10.0. The van der Waals surface area contributed by atoms with Crippen LogP contribution in [0.1, 0.15) is 10.4 Å². The predicted octanol–water partition coefficient (Wildman–Crippen LogP) is 3.96. The molecule has 0 fully saturated rings. The molecule has 0 unspecified atom stereocenters. The van der Waals surface area contributed by atoms with Gasteiger partial charge in [0.2, 0.25) is 11.6 Å². The number of thiocarbonyl (C=S) groups is 1. The number of ether oxygens (including phenoxy) is 3. The highest BCUT2D eigenvalue weighted by Crippen LogP contribution is 2.38. The molecule has 1 amide bonds. The topological polar surface area (TPSA) is 126 Å². The van der Waals surface area contributed by atoms with Gasteiger partial charge >= 0.3 is 0 Å². The van der Waals surface area contributed by atoms with Gasteiger partial charge in [-0.25, -0.2) is 9.37 Å². The predicted molar refractivity (Wildman–Crippen MR) is 133 cm³/mol. The Hall–Kier alpha value is -4.22. The lowest BCUT2D eigenvalue weighted by molar-refractivity contribution is 0.0977. The Labute approximate surface area is 205 Å². The van der Waals surface area contributed by atoms with Gasteiger partial charge in [0.1, 0.15) is 11.3 Å². The van der Waals surface area contributed by atoms with Crippen LogP contribution in [-0.2, 0) is 0 Å². The Kier molecular flexibility index (Phi) is 7.84. The van der Waals surface area contributed by atoms with Crippen molar-refractivity contribution in [3.63, 3.8) is 0 Å². The van der Waals surface area contributed by atoms with Crippen molar-refractivity contribution in [2.75, 3.05) is 26.6 Å². The number of aromatic nitrogens is 1. The lowest BCUT2D eigenvalue weighted by atomic mass is 10.1. The van der Waals surface area contributed by atoms with Crippen LogP contribution in [0.25, 0.3) is 22.6 Å². The Morgan fingerprint density at radius 1 is 1.00 bits per heavy atom. The van der Waals surface area contributed by atoms with Crippen LogP contribution < -0.4 is 24.8 Å². The molecule has 4 N–H and O–H groups in total. The highest BCUT2D eigenvalue weighted by atomic mass is 32.1. The van der Waals surface area contributed by atoms with Crippen molar-refractivity contribution in [3.8, 4) is 28.7 Å². The summed E-state index contributed by atoms with van der Waals surface area (Å²) in [6.45, 7) is 0. The van der Waals surface area contributed by atoms with E-state index in [1.165, 1.54) is 45.6 Å². The summed E-state index contributed by atoms with van der Waals surface area (Å²) in [5.74, 6) is 0.515. The lowest BCUT2D eigenvalue weighted by Gasteiger charge is -2.14. The van der Waals surface area contributed by atoms with Crippen molar-refractivity contribution in [1.82, 2.24) is 10.3 Å². The average molecular weight is 500 g/mol. The number of carbonyl (C=O) groups excluding carboxylic acids is 1. The lowest BCUT2D eigenvalue weighted by Crippen LogP contribution is -2.34. The molecule has 0 radical (unpaired) electrons. The molecule has 4 rings (SSSR count). The second kappa shape index (κ2) is 10.8. The molecule has 0 saturated heterocycles. The van der Waals surface area contributed by atoms with Crippen molar-refractivity contribution in [1.29, 1.82) is 0 Å². The van der Waals surface area contributed by atoms with Gasteiger partial charge in [-0.2, -0.15) is 0 Å². The molecular weight excluding hydrogens is 477 g/mol. The minimum Gasteiger partial charge on any atom is -0.493 e. The van der Waals surface area contributed by atoms with Gasteiger partial charge in [-0.1, -0.05) is 6.07 Å². The standard InChI is InChI=1S/C24H20FN3O5S.H2O/c1-30-19-10-14(11-20(31-2)21(19)32-3)22(29)28-24(34)26-16-7-8-18-17(12-16)27-23(33-18)13-5-4-6-15(25)9-13;/h4-12H,1-3H3,(H2,26,28,29,34);1H2. The highest BCUT2D eigenvalue weighted by molar-refractivity contribution is 7.80. The van der Waals surface area contributed by atoms with E-state index < -0.39 is 5.91 Å². The minimum absolute atomic E-state index is 0. The largest absolute Gasteiger partial charge is 0.493 e. The molecule has 35 heavy (non-hydrogen) atoms. The van der Waals surface area contributed by atoms with Crippen LogP contribution in [0, 0.1) is 5.82 Å². The summed E-state index contributed by atoms with van der Waals surface area (Å²) >= 11 is 5.29. The summed E-state index contributed by atoms with van der Waals surface area (Å²) in [5.41, 5.74) is 2.45. The number of halogens is 1. The summed E-state index contributed by atoms with van der Waals surface area (Å²) in [6.07, 6.45) is 0. The van der Waals surface area contributed by atoms with E-state index in [1.54, 1.807) is 30.3 Å². The van der Waals surface area contributed by atoms with E-state index in [2.05, 4.69) is 15.6 Å². The maximum Gasteiger partial charge on any atom is 0.257 e. The molecule has 1 aromatic heterocycles. The monoisotopic (exact) mass is 499 g/mol. The Morgan fingerprint density at radius 2 is 1.71 bits per heavy atom. The van der Waals surface area contributed by atoms with Gasteiger partial charge in [0, 0.05) is 16.8 Å². The van der Waals surface area contributed by atoms with E-state index in [0.29, 0.717) is 45.5 Å². The smallest absolute Gasteiger partial charge is 0.257 e. The maximum absolute atomic E-state index is 13.5. The van der Waals surface area contributed by atoms with E-state index in [0.717, 1.165) is 0 Å². The number of hydrogen-bond acceptors (Lipinski definition) is 7. The van der Waals surface area contributed by atoms with Crippen molar-refractivity contribution >= 4 is 40.0 Å². The van der Waals surface area contributed by atoms with Crippen LogP contribution in [0.5, 0.6) is 17.2 Å². The van der Waals surface area contributed by atoms with Gasteiger partial charge in [-0.3, -0.25) is 10.1 Å². The van der Waals surface area contributed by atoms with Gasteiger partial charge < -0.3 is 29.4 Å². The fraction of sp³-hybridized carbons (Fsp3) is 0.125. The summed E-state index contributed by atoms with van der Waals surface area (Å²) in [5, 5.41) is 5.63. The van der Waals surface area contributed by atoms with E-state index in [9.17, 15) is 9.18 Å². The molecule has 3 aromatic carbocycles. The first-order chi connectivity index (χ1) is 16.4. The Balaban J connectivity index is 0.00000342. The second-order valence-electron chi connectivity index (χ2n) is 7.03. The molecule has 0 bridgehead atoms. The second-order valence-corrected chi connectivity index (χ2v) is 7.44. The molecular formula is C24H22FN3O6S. The fourth-order valence-electron chi connectivity index (χ4n) is 3.30. The third-order valence-electron chi connectivity index (χ3n) is 4.87. The SMILES string of the molecule is COc1cc(C(=O)NC(=S)Nc2ccc3oc(-c4cccc(F)c4)nc3c2)cc(OC)c1OC.O. The van der Waals surface area contributed by atoms with E-state index in [4.69, 9.17) is 30.8 Å². The van der Waals surface area contributed by atoms with E-state index >= 15 is 0 Å². The van der Waals surface area contributed by atoms with E-state index in [1.807, 2.05) is 0 Å². The molecule has 0 spiro atoms. The zero-order chi connectivity index (χ0) is 24.2. The zero-order valence-corrected chi connectivity index (χ0v) is 19.8. The summed E-state index contributed by atoms with van der Waals surface area (Å²) in [7, 11) is 4.40. The number of methoxy groups -OCH3 is 3. The van der Waals surface area contributed by atoms with Crippen LogP contribution in [0.4, 0.5) is 10.1 Å². The number of nitrogens with zero attached hydrogens (tertiary/aromatic N) is 1.